The Labute approximate surface area is 282 Å². The molecule has 6 aromatic carbocycles. The maximum absolute atomic E-state index is 2.20. The van der Waals surface area contributed by atoms with Crippen LogP contribution in [0.15, 0.2) is 170 Å². The van der Waals surface area contributed by atoms with Crippen molar-refractivity contribution in [2.45, 2.75) is 74.1 Å². The minimum atomic E-state index is 0.659. The fourth-order valence-electron chi connectivity index (χ4n) is 3.88. The molecule has 0 nitrogen and oxygen atoms in total. The summed E-state index contributed by atoms with van der Waals surface area (Å²) in [5.41, 5.74) is 5.47. The topological polar surface area (TPSA) is 0 Å². The van der Waals surface area contributed by atoms with Crippen molar-refractivity contribution in [3.8, 4) is 0 Å². The van der Waals surface area contributed by atoms with Gasteiger partial charge in [0.1, 0.15) is 0 Å². The number of aryl methyl sites for hydroxylation is 2. The molecule has 0 heterocycles. The summed E-state index contributed by atoms with van der Waals surface area (Å²) in [4.78, 5) is 0. The molecule has 0 fully saturated rings. The van der Waals surface area contributed by atoms with Gasteiger partial charge in [0.2, 0.25) is 0 Å². The zero-order valence-electron chi connectivity index (χ0n) is 29.9. The molecular formula is C46H58. The van der Waals surface area contributed by atoms with Crippen LogP contribution in [0.1, 0.15) is 82.6 Å². The molecule has 0 aromatic heterocycles. The average molecular weight is 611 g/mol. The molecule has 0 saturated heterocycles. The van der Waals surface area contributed by atoms with E-state index in [0.717, 1.165) is 5.92 Å². The van der Waals surface area contributed by atoms with Crippen LogP contribution in [0.2, 0.25) is 0 Å². The first kappa shape index (κ1) is 39.6. The number of hydrogen-bond acceptors (Lipinski definition) is 0. The SMILES string of the molecule is CC(C)C.CC(C)c1ccccc1.CC(C)c1ccccc1.Cc1ccccc1.Cc1ccccc1.c1ccc2ccccc2c1. The van der Waals surface area contributed by atoms with Crippen LogP contribution >= 0.6 is 0 Å². The Balaban J connectivity index is 0.000000281. The molecule has 0 unspecified atom stereocenters. The second-order valence-corrected chi connectivity index (χ2v) is 12.5. The smallest absolute Gasteiger partial charge is 0.0184 e. The van der Waals surface area contributed by atoms with Gasteiger partial charge in [0, 0.05) is 0 Å². The normalized spacial score (nSPS) is 9.57. The lowest BCUT2D eigenvalue weighted by Crippen LogP contribution is -1.83. The van der Waals surface area contributed by atoms with Gasteiger partial charge in [-0.15, -0.1) is 0 Å². The summed E-state index contributed by atoms with van der Waals surface area (Å²) in [6.07, 6.45) is 0. The van der Waals surface area contributed by atoms with Gasteiger partial charge in [-0.25, -0.2) is 0 Å². The third kappa shape index (κ3) is 20.5. The van der Waals surface area contributed by atoms with E-state index in [4.69, 9.17) is 0 Å². The molecule has 46 heavy (non-hydrogen) atoms. The molecule has 6 aromatic rings. The van der Waals surface area contributed by atoms with Crippen LogP contribution < -0.4 is 0 Å². The molecule has 0 spiro atoms. The molecular weight excluding hydrogens is 553 g/mol. The van der Waals surface area contributed by atoms with Gasteiger partial charge in [-0.1, -0.05) is 229 Å². The van der Waals surface area contributed by atoms with Gasteiger partial charge in [-0.3, -0.25) is 0 Å². The highest BCUT2D eigenvalue weighted by atomic mass is 14.0. The van der Waals surface area contributed by atoms with Gasteiger partial charge in [-0.2, -0.15) is 0 Å². The largest absolute Gasteiger partial charge is 0.0630 e. The quantitative estimate of drug-likeness (QED) is 0.183. The molecule has 0 atom stereocenters. The van der Waals surface area contributed by atoms with Crippen LogP contribution in [0.5, 0.6) is 0 Å². The molecule has 0 aliphatic heterocycles. The van der Waals surface area contributed by atoms with Crippen LogP contribution in [0.3, 0.4) is 0 Å². The Hall–Kier alpha value is -4.42. The summed E-state index contributed by atoms with van der Waals surface area (Å²) in [5, 5.41) is 2.62. The van der Waals surface area contributed by atoms with Gasteiger partial charge in [0.05, 0.1) is 0 Å². The number of fused-ring (bicyclic) bond motifs is 1. The lowest BCUT2D eigenvalue weighted by atomic mass is 10.0. The highest BCUT2D eigenvalue weighted by Gasteiger charge is 1.94. The number of rotatable bonds is 2. The Bertz CT molecular complexity index is 1350. The fourth-order valence-corrected chi connectivity index (χ4v) is 3.88. The summed E-state index contributed by atoms with van der Waals surface area (Å²) >= 11 is 0. The fraction of sp³-hybridized carbons (Fsp3) is 0.261. The van der Waals surface area contributed by atoms with Crippen LogP contribution in [-0.2, 0) is 0 Å². The molecule has 0 radical (unpaired) electrons. The van der Waals surface area contributed by atoms with Gasteiger partial charge < -0.3 is 0 Å². The molecule has 6 rings (SSSR count). The van der Waals surface area contributed by atoms with E-state index in [2.05, 4.69) is 184 Å². The second kappa shape index (κ2) is 24.8. The Morgan fingerprint density at radius 1 is 0.283 bits per heavy atom. The van der Waals surface area contributed by atoms with Crippen molar-refractivity contribution in [3.63, 3.8) is 0 Å². The number of benzene rings is 6. The van der Waals surface area contributed by atoms with Gasteiger partial charge in [-0.05, 0) is 53.5 Å². The molecule has 0 aliphatic carbocycles. The van der Waals surface area contributed by atoms with Crippen LogP contribution in [0, 0.1) is 19.8 Å². The number of hydrogen-bond donors (Lipinski definition) is 0. The first-order valence-corrected chi connectivity index (χ1v) is 16.7. The lowest BCUT2D eigenvalue weighted by molar-refractivity contribution is 0.737. The van der Waals surface area contributed by atoms with Gasteiger partial charge in [0.15, 0.2) is 0 Å². The van der Waals surface area contributed by atoms with E-state index in [1.807, 2.05) is 48.5 Å². The zero-order valence-corrected chi connectivity index (χ0v) is 29.9. The van der Waals surface area contributed by atoms with Gasteiger partial charge in [0.25, 0.3) is 0 Å². The third-order valence-electron chi connectivity index (χ3n) is 6.47. The Morgan fingerprint density at radius 3 is 0.630 bits per heavy atom. The van der Waals surface area contributed by atoms with Crippen molar-refractivity contribution >= 4 is 10.8 Å². The minimum absolute atomic E-state index is 0.659. The molecule has 0 heteroatoms. The second-order valence-electron chi connectivity index (χ2n) is 12.5. The highest BCUT2D eigenvalue weighted by molar-refractivity contribution is 5.82. The summed E-state index contributed by atoms with van der Waals surface area (Å²) in [6, 6.07) is 58.3. The highest BCUT2D eigenvalue weighted by Crippen LogP contribution is 2.13. The molecule has 0 bridgehead atoms. The summed E-state index contributed by atoms with van der Waals surface area (Å²) in [7, 11) is 0. The van der Waals surface area contributed by atoms with Gasteiger partial charge >= 0.3 is 0 Å². The van der Waals surface area contributed by atoms with E-state index < -0.39 is 0 Å². The standard InChI is InChI=1S/C10H8.2C9H12.2C7H8.C4H10/c1-2-6-10-8-4-3-7-9(10)5-1;2*1-8(2)9-6-4-3-5-7-9;2*1-7-5-3-2-4-6-7;1-4(2)3/h1-8H;2*3-8H,1-2H3;2*2-6H,1H3;4H,1-3H3. The van der Waals surface area contributed by atoms with Crippen molar-refractivity contribution in [1.82, 2.24) is 0 Å². The predicted molar refractivity (Wildman–Crippen MR) is 208 cm³/mol. The van der Waals surface area contributed by atoms with Crippen LogP contribution in [-0.4, -0.2) is 0 Å². The first-order valence-electron chi connectivity index (χ1n) is 16.7. The molecule has 0 saturated carbocycles. The lowest BCUT2D eigenvalue weighted by Gasteiger charge is -2.01. The minimum Gasteiger partial charge on any atom is -0.0630 e. The van der Waals surface area contributed by atoms with Crippen molar-refractivity contribution in [3.05, 3.63) is 192 Å². The molecule has 0 amide bonds. The summed E-state index contributed by atoms with van der Waals surface area (Å²) in [5.74, 6) is 2.15. The van der Waals surface area contributed by atoms with Crippen LogP contribution in [0.4, 0.5) is 0 Å². The maximum Gasteiger partial charge on any atom is -0.0184 e. The Kier molecular flexibility index (Phi) is 21.4. The predicted octanol–water partition coefficient (Wildman–Crippen LogP) is 14.1. The van der Waals surface area contributed by atoms with E-state index in [-0.39, 0.29) is 0 Å². The van der Waals surface area contributed by atoms with Crippen molar-refractivity contribution in [2.24, 2.45) is 5.92 Å². The van der Waals surface area contributed by atoms with E-state index >= 15 is 0 Å². The zero-order chi connectivity index (χ0) is 34.0. The third-order valence-corrected chi connectivity index (χ3v) is 6.47. The van der Waals surface area contributed by atoms with E-state index in [9.17, 15) is 0 Å². The van der Waals surface area contributed by atoms with Crippen LogP contribution in [0.25, 0.3) is 10.8 Å². The molecule has 0 N–H and O–H groups in total. The summed E-state index contributed by atoms with van der Waals surface area (Å²) in [6.45, 7) is 19.5. The van der Waals surface area contributed by atoms with Crippen molar-refractivity contribution in [2.75, 3.05) is 0 Å². The molecule has 0 aliphatic rings. The van der Waals surface area contributed by atoms with E-state index in [1.165, 1.54) is 33.0 Å². The average Bonchev–Trinajstić information content (AvgIpc) is 3.07. The van der Waals surface area contributed by atoms with E-state index in [1.54, 1.807) is 0 Å². The monoisotopic (exact) mass is 610 g/mol. The van der Waals surface area contributed by atoms with Crippen molar-refractivity contribution in [1.29, 1.82) is 0 Å². The first-order chi connectivity index (χ1) is 22.1. The molecule has 242 valence electrons. The Morgan fingerprint density at radius 2 is 0.478 bits per heavy atom. The maximum atomic E-state index is 2.20. The van der Waals surface area contributed by atoms with E-state index in [0.29, 0.717) is 11.8 Å². The summed E-state index contributed by atoms with van der Waals surface area (Å²) < 4.78 is 0. The van der Waals surface area contributed by atoms with Crippen molar-refractivity contribution < 1.29 is 0 Å².